The van der Waals surface area contributed by atoms with E-state index in [2.05, 4.69) is 10.3 Å². The summed E-state index contributed by atoms with van der Waals surface area (Å²) in [4.78, 5) is 42.0. The number of hydrogen-bond acceptors (Lipinski definition) is 5. The second-order valence-corrected chi connectivity index (χ2v) is 7.31. The number of nitrogens with one attached hydrogen (secondary N) is 1. The summed E-state index contributed by atoms with van der Waals surface area (Å²) in [6, 6.07) is 8.81. The van der Waals surface area contributed by atoms with Crippen molar-refractivity contribution in [2.75, 3.05) is 31.6 Å². The largest absolute Gasteiger partial charge is 0.378 e. The molecule has 0 saturated carbocycles. The summed E-state index contributed by atoms with van der Waals surface area (Å²) in [5.74, 6) is -1.45. The third-order valence-electron chi connectivity index (χ3n) is 4.89. The molecule has 0 spiro atoms. The third-order valence-corrected chi connectivity index (χ3v) is 5.22. The second-order valence-electron chi connectivity index (χ2n) is 6.90. The molecule has 1 N–H and O–H groups in total. The van der Waals surface area contributed by atoms with Crippen molar-refractivity contribution >= 4 is 40.5 Å². The van der Waals surface area contributed by atoms with Gasteiger partial charge in [0.15, 0.2) is 0 Å². The number of amides is 2. The van der Waals surface area contributed by atoms with Crippen molar-refractivity contribution in [1.29, 1.82) is 0 Å². The molecule has 0 atom stereocenters. The van der Waals surface area contributed by atoms with Gasteiger partial charge in [-0.1, -0.05) is 17.7 Å². The monoisotopic (exact) mass is 426 g/mol. The van der Waals surface area contributed by atoms with Crippen molar-refractivity contribution in [1.82, 2.24) is 14.3 Å². The Bertz CT molecular complexity index is 1150. The van der Waals surface area contributed by atoms with Gasteiger partial charge in [-0.3, -0.25) is 18.8 Å². The lowest BCUT2D eigenvalue weighted by Crippen LogP contribution is -2.41. The number of fused-ring (bicyclic) bond motifs is 1. The first-order valence-corrected chi connectivity index (χ1v) is 9.78. The van der Waals surface area contributed by atoms with Crippen LogP contribution in [0.5, 0.6) is 0 Å². The topological polar surface area (TPSA) is 93.0 Å². The van der Waals surface area contributed by atoms with Crippen LogP contribution in [-0.2, 0) is 14.3 Å². The van der Waals surface area contributed by atoms with Crippen molar-refractivity contribution in [2.24, 2.45) is 0 Å². The van der Waals surface area contributed by atoms with Crippen molar-refractivity contribution in [3.8, 4) is 11.1 Å². The van der Waals surface area contributed by atoms with E-state index in [1.54, 1.807) is 33.7 Å². The Balaban J connectivity index is 1.69. The number of carbonyl (C=O) groups is 3. The number of aromatic nitrogens is 2. The molecule has 3 aromatic rings. The van der Waals surface area contributed by atoms with E-state index >= 15 is 0 Å². The fourth-order valence-corrected chi connectivity index (χ4v) is 3.41. The van der Waals surface area contributed by atoms with Gasteiger partial charge in [-0.15, -0.1) is 0 Å². The number of ether oxygens (including phenoxy) is 1. The molecular formula is C21H19ClN4O4. The highest BCUT2D eigenvalue weighted by atomic mass is 35.5. The first-order chi connectivity index (χ1) is 14.4. The molecule has 4 rings (SSSR count). The van der Waals surface area contributed by atoms with E-state index in [1.807, 2.05) is 18.3 Å². The van der Waals surface area contributed by atoms with Gasteiger partial charge in [0.1, 0.15) is 11.3 Å². The van der Waals surface area contributed by atoms with Crippen LogP contribution in [0.25, 0.3) is 16.8 Å². The molecule has 8 nitrogen and oxygen atoms in total. The van der Waals surface area contributed by atoms with Crippen LogP contribution in [-0.4, -0.2) is 58.2 Å². The lowest BCUT2D eigenvalue weighted by molar-refractivity contribution is -0.133. The summed E-state index contributed by atoms with van der Waals surface area (Å²) in [6.07, 6.45) is 3.38. The maximum atomic E-state index is 12.9. The van der Waals surface area contributed by atoms with E-state index in [0.717, 1.165) is 11.1 Å². The summed E-state index contributed by atoms with van der Waals surface area (Å²) in [5.41, 5.74) is 3.01. The highest BCUT2D eigenvalue weighted by Crippen LogP contribution is 2.29. The first kappa shape index (κ1) is 20.1. The molecule has 3 heterocycles. The van der Waals surface area contributed by atoms with Crippen LogP contribution in [0, 0.1) is 0 Å². The Morgan fingerprint density at radius 1 is 1.10 bits per heavy atom. The number of rotatable bonds is 4. The Hall–Kier alpha value is -3.23. The maximum absolute atomic E-state index is 12.9. The smallest absolute Gasteiger partial charge is 0.291 e. The summed E-state index contributed by atoms with van der Waals surface area (Å²) < 4.78 is 7.06. The third kappa shape index (κ3) is 3.92. The molecule has 1 aromatic carbocycles. The van der Waals surface area contributed by atoms with Gasteiger partial charge in [0.25, 0.3) is 11.8 Å². The van der Waals surface area contributed by atoms with Crippen LogP contribution in [0.1, 0.15) is 17.4 Å². The molecule has 2 aromatic heterocycles. The molecule has 9 heteroatoms. The Labute approximate surface area is 177 Å². The zero-order valence-electron chi connectivity index (χ0n) is 16.2. The van der Waals surface area contributed by atoms with E-state index in [1.165, 1.54) is 6.92 Å². The number of benzene rings is 1. The molecule has 30 heavy (non-hydrogen) atoms. The van der Waals surface area contributed by atoms with Gasteiger partial charge in [0.05, 0.1) is 30.1 Å². The number of pyridine rings is 1. The Kier molecular flexibility index (Phi) is 5.52. The number of Topliss-reactive ketones (excluding diaryl/α,β-unsaturated/α-hetero) is 1. The van der Waals surface area contributed by atoms with Crippen LogP contribution in [0.15, 0.2) is 42.7 Å². The van der Waals surface area contributed by atoms with Crippen LogP contribution in [0.2, 0.25) is 5.02 Å². The van der Waals surface area contributed by atoms with Crippen molar-refractivity contribution in [3.05, 3.63) is 53.4 Å². The molecule has 1 saturated heterocycles. The van der Waals surface area contributed by atoms with Gasteiger partial charge in [-0.2, -0.15) is 0 Å². The molecule has 0 bridgehead atoms. The number of imidazole rings is 1. The molecule has 2 amide bonds. The van der Waals surface area contributed by atoms with Crippen molar-refractivity contribution in [3.63, 3.8) is 0 Å². The Morgan fingerprint density at radius 3 is 2.57 bits per heavy atom. The number of nitrogens with zero attached hydrogens (tertiary/aromatic N) is 3. The standard InChI is InChI=1S/C21H19ClN4O4/c1-13(27)20(28)24-17-10-14(2-4-16(17)22)15-3-5-19-23-11-18(26(19)12-15)21(29)25-6-8-30-9-7-25/h2-5,10-12H,6-9H2,1H3,(H,24,28). The highest BCUT2D eigenvalue weighted by molar-refractivity contribution is 6.41. The predicted octanol–water partition coefficient (Wildman–Crippen LogP) is 2.65. The fourth-order valence-electron chi connectivity index (χ4n) is 3.25. The van der Waals surface area contributed by atoms with Gasteiger partial charge in [0.2, 0.25) is 5.78 Å². The van der Waals surface area contributed by atoms with E-state index < -0.39 is 11.7 Å². The highest BCUT2D eigenvalue weighted by Gasteiger charge is 2.22. The SMILES string of the molecule is CC(=O)C(=O)Nc1cc(-c2ccc3ncc(C(=O)N4CCOCC4)n3c2)ccc1Cl. The molecule has 0 unspecified atom stereocenters. The molecular weight excluding hydrogens is 408 g/mol. The lowest BCUT2D eigenvalue weighted by atomic mass is 10.1. The average molecular weight is 427 g/mol. The van der Waals surface area contributed by atoms with Gasteiger partial charge >= 0.3 is 0 Å². The van der Waals surface area contributed by atoms with E-state index in [4.69, 9.17) is 16.3 Å². The molecule has 0 radical (unpaired) electrons. The minimum Gasteiger partial charge on any atom is -0.378 e. The van der Waals surface area contributed by atoms with E-state index in [-0.39, 0.29) is 5.91 Å². The number of carbonyl (C=O) groups excluding carboxylic acids is 3. The summed E-state index contributed by atoms with van der Waals surface area (Å²) >= 11 is 6.16. The maximum Gasteiger partial charge on any atom is 0.291 e. The number of anilines is 1. The molecule has 154 valence electrons. The van der Waals surface area contributed by atoms with Gasteiger partial charge < -0.3 is 15.0 Å². The number of hydrogen-bond donors (Lipinski definition) is 1. The van der Waals surface area contributed by atoms with Crippen LogP contribution >= 0.6 is 11.6 Å². The normalized spacial score (nSPS) is 14.0. The van der Waals surface area contributed by atoms with Crippen molar-refractivity contribution in [2.45, 2.75) is 6.92 Å². The fraction of sp³-hybridized carbons (Fsp3) is 0.238. The lowest BCUT2D eigenvalue weighted by Gasteiger charge is -2.26. The number of ketones is 1. The molecule has 1 fully saturated rings. The minimum absolute atomic E-state index is 0.103. The van der Waals surface area contributed by atoms with Crippen LogP contribution in [0.4, 0.5) is 5.69 Å². The summed E-state index contributed by atoms with van der Waals surface area (Å²) in [5, 5.41) is 2.83. The van der Waals surface area contributed by atoms with Gasteiger partial charge in [-0.25, -0.2) is 4.98 Å². The zero-order chi connectivity index (χ0) is 21.3. The molecule has 1 aliphatic rings. The van der Waals surface area contributed by atoms with Gasteiger partial charge in [-0.05, 0) is 35.4 Å². The van der Waals surface area contributed by atoms with E-state index in [0.29, 0.717) is 48.4 Å². The average Bonchev–Trinajstić information content (AvgIpc) is 3.18. The summed E-state index contributed by atoms with van der Waals surface area (Å²) in [7, 11) is 0. The van der Waals surface area contributed by atoms with Crippen LogP contribution in [0.3, 0.4) is 0 Å². The quantitative estimate of drug-likeness (QED) is 0.647. The second kappa shape index (κ2) is 8.25. The Morgan fingerprint density at radius 2 is 1.83 bits per heavy atom. The zero-order valence-corrected chi connectivity index (χ0v) is 17.0. The predicted molar refractivity (Wildman–Crippen MR) is 112 cm³/mol. The molecule has 0 aliphatic carbocycles. The minimum atomic E-state index is -0.738. The first-order valence-electron chi connectivity index (χ1n) is 9.40. The molecule has 1 aliphatic heterocycles. The van der Waals surface area contributed by atoms with E-state index in [9.17, 15) is 14.4 Å². The number of morpholine rings is 1. The number of halogens is 1. The van der Waals surface area contributed by atoms with Crippen molar-refractivity contribution < 1.29 is 19.1 Å². The van der Waals surface area contributed by atoms with Gasteiger partial charge in [0, 0.05) is 26.2 Å². The van der Waals surface area contributed by atoms with Crippen LogP contribution < -0.4 is 5.32 Å². The summed E-state index contributed by atoms with van der Waals surface area (Å²) in [6.45, 7) is 3.32.